The monoisotopic (exact) mass is 354 g/mol. The maximum Gasteiger partial charge on any atom is 0.254 e. The molecule has 0 spiro atoms. The number of fused-ring (bicyclic) bond motifs is 3. The molecule has 0 radical (unpaired) electrons. The third-order valence-corrected chi connectivity index (χ3v) is 5.33. The highest BCUT2D eigenvalue weighted by Gasteiger charge is 2.41. The van der Waals surface area contributed by atoms with Crippen molar-refractivity contribution in [2.75, 3.05) is 23.0 Å². The topological polar surface area (TPSA) is 74.3 Å². The molecule has 2 unspecified atom stereocenters. The summed E-state index contributed by atoms with van der Waals surface area (Å²) >= 11 is 1.45. The maximum absolute atomic E-state index is 12.6. The quantitative estimate of drug-likeness (QED) is 0.826. The van der Waals surface area contributed by atoms with Gasteiger partial charge in [0.25, 0.3) is 5.91 Å². The molecule has 0 saturated carbocycles. The minimum absolute atomic E-state index is 0.0124. The molecule has 6 nitrogen and oxygen atoms in total. The lowest BCUT2D eigenvalue weighted by Gasteiger charge is -2.32. The Labute approximate surface area is 150 Å². The molecule has 7 heteroatoms. The molecule has 1 aromatic heterocycles. The van der Waals surface area contributed by atoms with Crippen molar-refractivity contribution in [1.29, 1.82) is 0 Å². The normalized spacial score (nSPS) is 21.3. The van der Waals surface area contributed by atoms with Crippen LogP contribution in [-0.4, -0.2) is 41.7 Å². The van der Waals surface area contributed by atoms with E-state index in [2.05, 4.69) is 20.5 Å². The average Bonchev–Trinajstić information content (AvgIpc) is 3.06. The van der Waals surface area contributed by atoms with Crippen LogP contribution in [0.4, 0.5) is 11.4 Å². The van der Waals surface area contributed by atoms with E-state index in [9.17, 15) is 9.59 Å². The molecule has 1 saturated heterocycles. The first-order chi connectivity index (χ1) is 12.2. The van der Waals surface area contributed by atoms with Crippen molar-refractivity contribution in [2.24, 2.45) is 0 Å². The molecule has 4 rings (SSSR count). The Morgan fingerprint density at radius 3 is 3.00 bits per heavy atom. The van der Waals surface area contributed by atoms with Crippen LogP contribution in [0.5, 0.6) is 0 Å². The fourth-order valence-electron chi connectivity index (χ4n) is 3.49. The predicted octanol–water partition coefficient (Wildman–Crippen LogP) is 2.13. The summed E-state index contributed by atoms with van der Waals surface area (Å²) in [5, 5.41) is 6.72. The molecule has 2 aliphatic rings. The van der Waals surface area contributed by atoms with Crippen LogP contribution >= 0.6 is 11.8 Å². The van der Waals surface area contributed by atoms with E-state index in [-0.39, 0.29) is 23.9 Å². The molecule has 2 N–H and O–H groups in total. The maximum atomic E-state index is 12.6. The molecule has 1 aromatic carbocycles. The number of thioether (sulfide) groups is 1. The average molecular weight is 354 g/mol. The molecule has 25 heavy (non-hydrogen) atoms. The Hall–Kier alpha value is -2.54. The van der Waals surface area contributed by atoms with Crippen LogP contribution in [0.1, 0.15) is 16.8 Å². The number of anilines is 2. The molecule has 1 fully saturated rings. The van der Waals surface area contributed by atoms with Gasteiger partial charge in [-0.1, -0.05) is 12.1 Å². The van der Waals surface area contributed by atoms with Gasteiger partial charge >= 0.3 is 0 Å². The Kier molecular flexibility index (Phi) is 4.09. The number of amides is 2. The van der Waals surface area contributed by atoms with Crippen molar-refractivity contribution < 1.29 is 9.59 Å². The fraction of sp³-hybridized carbons (Fsp3) is 0.278. The molecule has 3 heterocycles. The molecular weight excluding hydrogens is 336 g/mol. The number of para-hydroxylation sites is 2. The van der Waals surface area contributed by atoms with Crippen molar-refractivity contribution >= 4 is 35.0 Å². The van der Waals surface area contributed by atoms with Gasteiger partial charge in [0.2, 0.25) is 5.91 Å². The van der Waals surface area contributed by atoms with E-state index in [0.717, 1.165) is 11.4 Å². The van der Waals surface area contributed by atoms with Gasteiger partial charge in [-0.15, -0.1) is 11.8 Å². The van der Waals surface area contributed by atoms with Crippen molar-refractivity contribution in [1.82, 2.24) is 10.3 Å². The summed E-state index contributed by atoms with van der Waals surface area (Å²) in [6, 6.07) is 11.0. The van der Waals surface area contributed by atoms with E-state index in [4.69, 9.17) is 0 Å². The van der Waals surface area contributed by atoms with Crippen LogP contribution in [0, 0.1) is 0 Å². The van der Waals surface area contributed by atoms with Gasteiger partial charge in [0, 0.05) is 18.8 Å². The number of pyridine rings is 1. The molecular formula is C18H18N4O2S. The van der Waals surface area contributed by atoms with Crippen LogP contribution in [-0.2, 0) is 4.79 Å². The highest BCUT2D eigenvalue weighted by molar-refractivity contribution is 7.98. The summed E-state index contributed by atoms with van der Waals surface area (Å²) in [7, 11) is 0. The summed E-state index contributed by atoms with van der Waals surface area (Å²) in [5.74, 6) is -0.155. The van der Waals surface area contributed by atoms with Gasteiger partial charge in [0.15, 0.2) is 0 Å². The van der Waals surface area contributed by atoms with Crippen molar-refractivity contribution in [3.8, 4) is 0 Å². The fourth-order valence-corrected chi connectivity index (χ4v) is 4.04. The van der Waals surface area contributed by atoms with Gasteiger partial charge in [-0.05, 0) is 36.9 Å². The molecule has 2 atom stereocenters. The first-order valence-electron chi connectivity index (χ1n) is 8.14. The second kappa shape index (κ2) is 6.40. The zero-order valence-electron chi connectivity index (χ0n) is 13.7. The SMILES string of the molecule is CSc1ncccc1C(=O)NC1CC2C(=O)Nc3ccccc3N2C1. The van der Waals surface area contributed by atoms with Gasteiger partial charge in [0.05, 0.1) is 16.9 Å². The number of hydrogen-bond donors (Lipinski definition) is 2. The van der Waals surface area contributed by atoms with E-state index in [0.29, 0.717) is 23.6 Å². The summed E-state index contributed by atoms with van der Waals surface area (Å²) in [6.07, 6.45) is 4.18. The standard InChI is InChI=1S/C18H18N4O2S/c1-25-18-12(5-4-8-19-18)16(23)20-11-9-15-17(24)21-13-6-2-3-7-14(13)22(15)10-11/h2-8,11,15H,9-10H2,1H3,(H,20,23)(H,21,24). The van der Waals surface area contributed by atoms with Crippen LogP contribution in [0.2, 0.25) is 0 Å². The number of benzene rings is 1. The predicted molar refractivity (Wildman–Crippen MR) is 98.1 cm³/mol. The molecule has 0 aliphatic carbocycles. The van der Waals surface area contributed by atoms with Crippen molar-refractivity contribution in [3.05, 3.63) is 48.2 Å². The number of nitrogens with zero attached hydrogens (tertiary/aromatic N) is 2. The highest BCUT2D eigenvalue weighted by atomic mass is 32.2. The molecule has 2 aliphatic heterocycles. The van der Waals surface area contributed by atoms with Crippen molar-refractivity contribution in [2.45, 2.75) is 23.5 Å². The number of rotatable bonds is 3. The number of carbonyl (C=O) groups excluding carboxylic acids is 2. The van der Waals surface area contributed by atoms with Gasteiger partial charge < -0.3 is 15.5 Å². The Balaban J connectivity index is 1.53. The number of hydrogen-bond acceptors (Lipinski definition) is 5. The largest absolute Gasteiger partial charge is 0.356 e. The minimum atomic E-state index is -0.242. The summed E-state index contributed by atoms with van der Waals surface area (Å²) in [4.78, 5) is 31.3. The van der Waals surface area contributed by atoms with Crippen LogP contribution in [0.3, 0.4) is 0 Å². The Bertz CT molecular complexity index is 841. The zero-order chi connectivity index (χ0) is 17.4. The molecule has 2 amide bonds. The first-order valence-corrected chi connectivity index (χ1v) is 9.36. The molecule has 0 bridgehead atoms. The summed E-state index contributed by atoms with van der Waals surface area (Å²) in [5.41, 5.74) is 2.41. The number of nitrogens with one attached hydrogen (secondary N) is 2. The lowest BCUT2D eigenvalue weighted by atomic mass is 10.1. The second-order valence-electron chi connectivity index (χ2n) is 6.14. The van der Waals surface area contributed by atoms with E-state index >= 15 is 0 Å². The van der Waals surface area contributed by atoms with E-state index < -0.39 is 0 Å². The summed E-state index contributed by atoms with van der Waals surface area (Å²) < 4.78 is 0. The van der Waals surface area contributed by atoms with Gasteiger partial charge in [-0.3, -0.25) is 9.59 Å². The smallest absolute Gasteiger partial charge is 0.254 e. The minimum Gasteiger partial charge on any atom is -0.356 e. The van der Waals surface area contributed by atoms with E-state index in [1.54, 1.807) is 18.3 Å². The summed E-state index contributed by atoms with van der Waals surface area (Å²) in [6.45, 7) is 0.621. The highest BCUT2D eigenvalue weighted by Crippen LogP contribution is 2.36. The second-order valence-corrected chi connectivity index (χ2v) is 6.94. The van der Waals surface area contributed by atoms with E-state index in [1.165, 1.54) is 11.8 Å². The van der Waals surface area contributed by atoms with Gasteiger partial charge in [-0.2, -0.15) is 0 Å². The van der Waals surface area contributed by atoms with E-state index in [1.807, 2.05) is 30.5 Å². The Morgan fingerprint density at radius 2 is 2.16 bits per heavy atom. The third kappa shape index (κ3) is 2.84. The zero-order valence-corrected chi connectivity index (χ0v) is 14.5. The number of carbonyl (C=O) groups is 2. The van der Waals surface area contributed by atoms with Crippen LogP contribution < -0.4 is 15.5 Å². The number of aromatic nitrogens is 1. The first kappa shape index (κ1) is 16.0. The lowest BCUT2D eigenvalue weighted by molar-refractivity contribution is -0.117. The van der Waals surface area contributed by atoms with Gasteiger partial charge in [0.1, 0.15) is 11.1 Å². The van der Waals surface area contributed by atoms with Crippen LogP contribution in [0.15, 0.2) is 47.6 Å². The Morgan fingerprint density at radius 1 is 1.32 bits per heavy atom. The molecule has 2 aromatic rings. The van der Waals surface area contributed by atoms with Crippen molar-refractivity contribution in [3.63, 3.8) is 0 Å². The van der Waals surface area contributed by atoms with Crippen LogP contribution in [0.25, 0.3) is 0 Å². The molecule has 128 valence electrons. The van der Waals surface area contributed by atoms with Gasteiger partial charge in [-0.25, -0.2) is 4.98 Å². The third-order valence-electron chi connectivity index (χ3n) is 4.62. The lowest BCUT2D eigenvalue weighted by Crippen LogP contribution is -2.44.